The molecule has 4 rings (SSSR count). The van der Waals surface area contributed by atoms with Crippen LogP contribution in [0, 0.1) is 0 Å². The van der Waals surface area contributed by atoms with Crippen molar-refractivity contribution in [1.29, 1.82) is 0 Å². The zero-order chi connectivity index (χ0) is 22.7. The third-order valence-corrected chi connectivity index (χ3v) is 5.84. The van der Waals surface area contributed by atoms with E-state index in [0.29, 0.717) is 40.3 Å². The average Bonchev–Trinajstić information content (AvgIpc) is 3.24. The number of aromatic nitrogens is 3. The Bertz CT molecular complexity index is 1120. The number of carboxylic acid groups (broad SMARTS) is 1. The second-order valence-corrected chi connectivity index (χ2v) is 8.48. The maximum atomic E-state index is 12.9. The Balaban J connectivity index is 1.48. The van der Waals surface area contributed by atoms with E-state index in [0.717, 1.165) is 18.2 Å². The molecule has 1 amide bonds. The lowest BCUT2D eigenvalue weighted by Gasteiger charge is -2.39. The number of aromatic amines is 1. The van der Waals surface area contributed by atoms with Crippen molar-refractivity contribution in [3.8, 4) is 0 Å². The summed E-state index contributed by atoms with van der Waals surface area (Å²) in [6.45, 7) is 0.874. The number of anilines is 2. The van der Waals surface area contributed by atoms with Crippen molar-refractivity contribution in [3.05, 3.63) is 46.8 Å². The van der Waals surface area contributed by atoms with Crippen LogP contribution in [-0.2, 0) is 9.59 Å². The topological polar surface area (TPSA) is 114 Å². The lowest BCUT2D eigenvalue weighted by Crippen LogP contribution is -2.52. The van der Waals surface area contributed by atoms with Crippen LogP contribution in [0.15, 0.2) is 36.8 Å². The SMILES string of the molecule is O=C(O)CN(c1ncnc2[nH]ccc12)[C@@H]1CCCN(C(=O)CNc2cc(Cl)cc(Cl)c2)C1. The summed E-state index contributed by atoms with van der Waals surface area (Å²) in [5.74, 6) is -0.504. The highest BCUT2D eigenvalue weighted by molar-refractivity contribution is 6.35. The number of rotatable bonds is 7. The molecule has 3 aromatic rings. The lowest BCUT2D eigenvalue weighted by atomic mass is 10.0. The second kappa shape index (κ2) is 9.62. The molecule has 1 atom stereocenters. The second-order valence-electron chi connectivity index (χ2n) is 7.61. The predicted molar refractivity (Wildman–Crippen MR) is 123 cm³/mol. The number of carboxylic acids is 1. The third-order valence-electron chi connectivity index (χ3n) is 5.41. The fourth-order valence-corrected chi connectivity index (χ4v) is 4.52. The van der Waals surface area contributed by atoms with E-state index in [4.69, 9.17) is 23.2 Å². The third kappa shape index (κ3) is 5.05. The van der Waals surface area contributed by atoms with Crippen molar-refractivity contribution in [2.75, 3.05) is 36.4 Å². The van der Waals surface area contributed by atoms with E-state index in [2.05, 4.69) is 20.3 Å². The average molecular weight is 477 g/mol. The van der Waals surface area contributed by atoms with Gasteiger partial charge in [0.05, 0.1) is 11.9 Å². The molecule has 32 heavy (non-hydrogen) atoms. The first kappa shape index (κ1) is 22.2. The van der Waals surface area contributed by atoms with Crippen molar-refractivity contribution in [3.63, 3.8) is 0 Å². The number of hydrogen-bond acceptors (Lipinski definition) is 6. The van der Waals surface area contributed by atoms with Crippen LogP contribution < -0.4 is 10.2 Å². The van der Waals surface area contributed by atoms with Crippen LogP contribution in [-0.4, -0.2) is 69.1 Å². The number of fused-ring (bicyclic) bond motifs is 1. The molecule has 1 aliphatic rings. The number of H-pyrrole nitrogens is 1. The standard InChI is InChI=1S/C21H22Cl2N6O3/c22-13-6-14(23)8-15(7-13)25-9-18(30)28-5-1-2-16(10-28)29(11-19(31)32)21-17-3-4-24-20(17)26-12-27-21/h3-4,6-8,12,16,25H,1-2,5,9-11H2,(H,31,32)(H,24,26,27)/t16-/m1/s1. The Morgan fingerprint density at radius 1 is 1.25 bits per heavy atom. The van der Waals surface area contributed by atoms with E-state index < -0.39 is 5.97 Å². The van der Waals surface area contributed by atoms with Crippen molar-refractivity contribution >= 4 is 57.6 Å². The van der Waals surface area contributed by atoms with Gasteiger partial charge in [-0.3, -0.25) is 9.59 Å². The largest absolute Gasteiger partial charge is 0.480 e. The van der Waals surface area contributed by atoms with Gasteiger partial charge in [-0.1, -0.05) is 23.2 Å². The first-order valence-corrected chi connectivity index (χ1v) is 10.9. The number of carbonyl (C=O) groups is 2. The molecule has 0 spiro atoms. The summed E-state index contributed by atoms with van der Waals surface area (Å²) in [4.78, 5) is 39.6. The summed E-state index contributed by atoms with van der Waals surface area (Å²) >= 11 is 12.0. The van der Waals surface area contributed by atoms with Gasteiger partial charge >= 0.3 is 5.97 Å². The number of benzene rings is 1. The molecular formula is C21H22Cl2N6O3. The molecule has 3 N–H and O–H groups in total. The van der Waals surface area contributed by atoms with E-state index in [-0.39, 0.29) is 25.0 Å². The van der Waals surface area contributed by atoms with E-state index in [1.54, 1.807) is 34.2 Å². The molecule has 0 radical (unpaired) electrons. The van der Waals surface area contributed by atoms with E-state index >= 15 is 0 Å². The maximum Gasteiger partial charge on any atom is 0.323 e. The van der Waals surface area contributed by atoms with Crippen LogP contribution in [0.4, 0.5) is 11.5 Å². The molecule has 0 saturated carbocycles. The van der Waals surface area contributed by atoms with E-state index in [9.17, 15) is 14.7 Å². The Morgan fingerprint density at radius 2 is 2.03 bits per heavy atom. The summed E-state index contributed by atoms with van der Waals surface area (Å²) in [6.07, 6.45) is 4.67. The molecule has 1 aliphatic heterocycles. The minimum absolute atomic E-state index is 0.0812. The number of amides is 1. The lowest BCUT2D eigenvalue weighted by molar-refractivity contribution is -0.135. The molecule has 1 saturated heterocycles. The molecule has 3 heterocycles. The number of nitrogens with one attached hydrogen (secondary N) is 2. The molecule has 168 valence electrons. The molecule has 11 heteroatoms. The summed E-state index contributed by atoms with van der Waals surface area (Å²) in [7, 11) is 0. The van der Waals surface area contributed by atoms with Crippen molar-refractivity contribution in [2.45, 2.75) is 18.9 Å². The summed E-state index contributed by atoms with van der Waals surface area (Å²) < 4.78 is 0. The molecule has 0 bridgehead atoms. The fourth-order valence-electron chi connectivity index (χ4n) is 3.99. The van der Waals surface area contributed by atoms with Crippen molar-refractivity contribution in [1.82, 2.24) is 19.9 Å². The summed E-state index contributed by atoms with van der Waals surface area (Å²) in [5, 5.41) is 14.3. The molecule has 1 fully saturated rings. The number of carbonyl (C=O) groups excluding carboxylic acids is 1. The fraction of sp³-hybridized carbons (Fsp3) is 0.333. The minimum Gasteiger partial charge on any atom is -0.480 e. The van der Waals surface area contributed by atoms with Gasteiger partial charge in [0.25, 0.3) is 0 Å². The smallest absolute Gasteiger partial charge is 0.323 e. The Hall–Kier alpha value is -3.04. The van der Waals surface area contributed by atoms with Crippen LogP contribution >= 0.6 is 23.2 Å². The van der Waals surface area contributed by atoms with Gasteiger partial charge in [0.2, 0.25) is 5.91 Å². The summed E-state index contributed by atoms with van der Waals surface area (Å²) in [6, 6.07) is 6.66. The van der Waals surface area contributed by atoms with Crippen molar-refractivity contribution < 1.29 is 14.7 Å². The molecular weight excluding hydrogens is 455 g/mol. The van der Waals surface area contributed by atoms with E-state index in [1.807, 2.05) is 6.07 Å². The van der Waals surface area contributed by atoms with Gasteiger partial charge in [0.15, 0.2) is 0 Å². The number of piperidine rings is 1. The molecule has 0 aliphatic carbocycles. The van der Waals surface area contributed by atoms with Gasteiger partial charge in [-0.05, 0) is 37.1 Å². The number of hydrogen-bond donors (Lipinski definition) is 3. The summed E-state index contributed by atoms with van der Waals surface area (Å²) in [5.41, 5.74) is 1.30. The number of halogens is 2. The molecule has 1 aromatic carbocycles. The van der Waals surface area contributed by atoms with Gasteiger partial charge in [0, 0.05) is 41.1 Å². The van der Waals surface area contributed by atoms with Crippen LogP contribution in [0.2, 0.25) is 10.0 Å². The van der Waals surface area contributed by atoms with Gasteiger partial charge in [-0.25, -0.2) is 9.97 Å². The highest BCUT2D eigenvalue weighted by atomic mass is 35.5. The van der Waals surface area contributed by atoms with Crippen LogP contribution in [0.3, 0.4) is 0 Å². The monoisotopic (exact) mass is 476 g/mol. The van der Waals surface area contributed by atoms with Crippen LogP contribution in [0.1, 0.15) is 12.8 Å². The zero-order valence-electron chi connectivity index (χ0n) is 17.1. The highest BCUT2D eigenvalue weighted by Crippen LogP contribution is 2.27. The highest BCUT2D eigenvalue weighted by Gasteiger charge is 2.30. The number of likely N-dealkylation sites (tertiary alicyclic amines) is 1. The normalized spacial score (nSPS) is 16.2. The molecule has 2 aromatic heterocycles. The first-order chi connectivity index (χ1) is 15.4. The Labute approximate surface area is 194 Å². The van der Waals surface area contributed by atoms with Crippen LogP contribution in [0.25, 0.3) is 11.0 Å². The Kier molecular flexibility index (Phi) is 6.66. The molecule has 9 nitrogen and oxygen atoms in total. The van der Waals surface area contributed by atoms with Crippen LogP contribution in [0.5, 0.6) is 0 Å². The number of aliphatic carboxylic acids is 1. The quantitative estimate of drug-likeness (QED) is 0.479. The first-order valence-electron chi connectivity index (χ1n) is 10.1. The predicted octanol–water partition coefficient (Wildman–Crippen LogP) is 3.26. The zero-order valence-corrected chi connectivity index (χ0v) is 18.6. The maximum absolute atomic E-state index is 12.9. The Morgan fingerprint density at radius 3 is 2.78 bits per heavy atom. The number of nitrogens with zero attached hydrogens (tertiary/aromatic N) is 4. The van der Waals surface area contributed by atoms with Gasteiger partial charge in [0.1, 0.15) is 24.3 Å². The van der Waals surface area contributed by atoms with Crippen molar-refractivity contribution in [2.24, 2.45) is 0 Å². The van der Waals surface area contributed by atoms with E-state index in [1.165, 1.54) is 6.33 Å². The minimum atomic E-state index is -0.963. The van der Waals surface area contributed by atoms with Gasteiger partial charge in [-0.2, -0.15) is 0 Å². The van der Waals surface area contributed by atoms with Gasteiger partial charge in [-0.15, -0.1) is 0 Å². The molecule has 0 unspecified atom stereocenters. The van der Waals surface area contributed by atoms with Gasteiger partial charge < -0.3 is 25.2 Å².